The molecule has 2 atom stereocenters. The molecule has 0 bridgehead atoms. The summed E-state index contributed by atoms with van der Waals surface area (Å²) in [6, 6.07) is -0.662. The standard InChI is InChI=1S/C13H26N2O4/c1-8-9(2)10(11(16)15(6)18-7)14-12(17)19-13(3,4)5/h9-10H,8H2,1-7H3,(H,14,17)/t9-,10?/m0/s1. The summed E-state index contributed by atoms with van der Waals surface area (Å²) in [5, 5.41) is 3.71. The summed E-state index contributed by atoms with van der Waals surface area (Å²) < 4.78 is 5.16. The van der Waals surface area contributed by atoms with Gasteiger partial charge >= 0.3 is 6.09 Å². The zero-order chi connectivity index (χ0) is 15.2. The van der Waals surface area contributed by atoms with E-state index in [4.69, 9.17) is 9.57 Å². The number of carbonyl (C=O) groups excluding carboxylic acids is 2. The highest BCUT2D eigenvalue weighted by Gasteiger charge is 2.30. The third kappa shape index (κ3) is 6.42. The second kappa shape index (κ2) is 7.33. The molecule has 0 aromatic rings. The minimum Gasteiger partial charge on any atom is -0.444 e. The average Bonchev–Trinajstić information content (AvgIpc) is 2.30. The number of amides is 2. The van der Waals surface area contributed by atoms with Crippen LogP contribution in [0.4, 0.5) is 4.79 Å². The van der Waals surface area contributed by atoms with Crippen LogP contribution in [-0.2, 0) is 14.4 Å². The van der Waals surface area contributed by atoms with E-state index in [0.717, 1.165) is 11.5 Å². The summed E-state index contributed by atoms with van der Waals surface area (Å²) in [7, 11) is 2.91. The number of hydroxylamine groups is 2. The largest absolute Gasteiger partial charge is 0.444 e. The van der Waals surface area contributed by atoms with Crippen LogP contribution in [0.25, 0.3) is 0 Å². The molecule has 112 valence electrons. The molecule has 0 aliphatic rings. The Kier molecular flexibility index (Phi) is 6.83. The van der Waals surface area contributed by atoms with Crippen molar-refractivity contribution in [3.63, 3.8) is 0 Å². The molecule has 0 spiro atoms. The summed E-state index contributed by atoms with van der Waals surface area (Å²) in [6.07, 6.45) is 0.152. The van der Waals surface area contributed by atoms with Crippen molar-refractivity contribution in [2.75, 3.05) is 14.2 Å². The lowest BCUT2D eigenvalue weighted by Gasteiger charge is -2.28. The molecule has 19 heavy (non-hydrogen) atoms. The van der Waals surface area contributed by atoms with Gasteiger partial charge in [-0.25, -0.2) is 9.86 Å². The fourth-order valence-electron chi connectivity index (χ4n) is 1.40. The summed E-state index contributed by atoms with van der Waals surface area (Å²) >= 11 is 0. The predicted molar refractivity (Wildman–Crippen MR) is 72.4 cm³/mol. The van der Waals surface area contributed by atoms with Crippen molar-refractivity contribution in [2.45, 2.75) is 52.7 Å². The molecule has 6 nitrogen and oxygen atoms in total. The highest BCUT2D eigenvalue weighted by molar-refractivity contribution is 5.85. The van der Waals surface area contributed by atoms with Crippen LogP contribution < -0.4 is 5.32 Å². The van der Waals surface area contributed by atoms with Crippen molar-refractivity contribution in [2.24, 2.45) is 5.92 Å². The molecule has 0 saturated heterocycles. The van der Waals surface area contributed by atoms with E-state index in [-0.39, 0.29) is 11.8 Å². The van der Waals surface area contributed by atoms with Gasteiger partial charge in [-0.15, -0.1) is 0 Å². The molecule has 1 unspecified atom stereocenters. The minimum atomic E-state index is -0.662. The van der Waals surface area contributed by atoms with Crippen LogP contribution in [0.5, 0.6) is 0 Å². The van der Waals surface area contributed by atoms with Crippen LogP contribution in [0.2, 0.25) is 0 Å². The highest BCUT2D eigenvalue weighted by Crippen LogP contribution is 2.12. The van der Waals surface area contributed by atoms with Crippen LogP contribution in [0, 0.1) is 5.92 Å². The number of carbonyl (C=O) groups is 2. The Balaban J connectivity index is 4.79. The Morgan fingerprint density at radius 2 is 1.84 bits per heavy atom. The van der Waals surface area contributed by atoms with Crippen molar-refractivity contribution >= 4 is 12.0 Å². The summed E-state index contributed by atoms with van der Waals surface area (Å²) in [6.45, 7) is 9.16. The van der Waals surface area contributed by atoms with Gasteiger partial charge in [-0.2, -0.15) is 0 Å². The number of likely N-dealkylation sites (N-methyl/N-ethyl adjacent to an activating group) is 1. The third-order valence-electron chi connectivity index (χ3n) is 2.74. The number of alkyl carbamates (subject to hydrolysis) is 1. The number of rotatable bonds is 5. The van der Waals surface area contributed by atoms with Crippen molar-refractivity contribution in [1.29, 1.82) is 0 Å². The lowest BCUT2D eigenvalue weighted by molar-refractivity contribution is -0.172. The molecule has 0 rings (SSSR count). The van der Waals surface area contributed by atoms with Gasteiger partial charge in [-0.3, -0.25) is 9.63 Å². The lowest BCUT2D eigenvalue weighted by atomic mass is 9.98. The monoisotopic (exact) mass is 274 g/mol. The SMILES string of the molecule is CC[C@H](C)C(NC(=O)OC(C)(C)C)C(=O)N(C)OC. The van der Waals surface area contributed by atoms with E-state index in [9.17, 15) is 9.59 Å². The maximum Gasteiger partial charge on any atom is 0.408 e. The maximum atomic E-state index is 12.1. The first-order valence-electron chi connectivity index (χ1n) is 6.43. The smallest absolute Gasteiger partial charge is 0.408 e. The van der Waals surface area contributed by atoms with Crippen molar-refractivity contribution in [3.05, 3.63) is 0 Å². The van der Waals surface area contributed by atoms with Crippen LogP contribution in [-0.4, -0.2) is 42.9 Å². The van der Waals surface area contributed by atoms with Crippen LogP contribution in [0.3, 0.4) is 0 Å². The summed E-state index contributed by atoms with van der Waals surface area (Å²) in [5.41, 5.74) is -0.597. The van der Waals surface area contributed by atoms with Gasteiger partial charge in [0.05, 0.1) is 7.11 Å². The van der Waals surface area contributed by atoms with E-state index in [2.05, 4.69) is 5.32 Å². The number of ether oxygens (including phenoxy) is 1. The van der Waals surface area contributed by atoms with Crippen molar-refractivity contribution in [3.8, 4) is 0 Å². The zero-order valence-corrected chi connectivity index (χ0v) is 12.9. The first-order valence-corrected chi connectivity index (χ1v) is 6.43. The molecule has 0 saturated carbocycles. The quantitative estimate of drug-likeness (QED) is 0.778. The van der Waals surface area contributed by atoms with Gasteiger partial charge in [0.2, 0.25) is 0 Å². The normalized spacial score (nSPS) is 14.5. The van der Waals surface area contributed by atoms with Gasteiger partial charge in [0.15, 0.2) is 0 Å². The van der Waals surface area contributed by atoms with E-state index in [1.165, 1.54) is 14.2 Å². The average molecular weight is 274 g/mol. The van der Waals surface area contributed by atoms with Crippen molar-refractivity contribution in [1.82, 2.24) is 10.4 Å². The minimum absolute atomic E-state index is 0.0161. The third-order valence-corrected chi connectivity index (χ3v) is 2.74. The van der Waals surface area contributed by atoms with Crippen molar-refractivity contribution < 1.29 is 19.2 Å². The predicted octanol–water partition coefficient (Wildman–Crippen LogP) is 1.95. The fraction of sp³-hybridized carbons (Fsp3) is 0.846. The van der Waals surface area contributed by atoms with Gasteiger partial charge in [-0.05, 0) is 26.7 Å². The van der Waals surface area contributed by atoms with E-state index in [0.29, 0.717) is 0 Å². The van der Waals surface area contributed by atoms with E-state index < -0.39 is 17.7 Å². The number of nitrogens with one attached hydrogen (secondary N) is 1. The van der Waals surface area contributed by atoms with Gasteiger partial charge in [0.25, 0.3) is 5.91 Å². The molecule has 1 N–H and O–H groups in total. The molecule has 0 aromatic carbocycles. The number of hydrogen-bond acceptors (Lipinski definition) is 4. The Bertz CT molecular complexity index is 312. The first-order chi connectivity index (χ1) is 8.62. The van der Waals surface area contributed by atoms with E-state index >= 15 is 0 Å². The second-order valence-electron chi connectivity index (χ2n) is 5.53. The molecule has 0 radical (unpaired) electrons. The lowest BCUT2D eigenvalue weighted by Crippen LogP contribution is -2.51. The highest BCUT2D eigenvalue weighted by atomic mass is 16.7. The molecule has 0 heterocycles. The maximum absolute atomic E-state index is 12.1. The van der Waals surface area contributed by atoms with Crippen LogP contribution in [0.15, 0.2) is 0 Å². The van der Waals surface area contributed by atoms with E-state index in [1.54, 1.807) is 20.8 Å². The van der Waals surface area contributed by atoms with Crippen LogP contribution >= 0.6 is 0 Å². The Hall–Kier alpha value is -1.30. The molecule has 0 fully saturated rings. The topological polar surface area (TPSA) is 67.9 Å². The van der Waals surface area contributed by atoms with Crippen LogP contribution in [0.1, 0.15) is 41.0 Å². The number of hydrogen-bond donors (Lipinski definition) is 1. The Labute approximate surface area is 115 Å². The summed E-state index contributed by atoms with van der Waals surface area (Å²) in [5.74, 6) is -0.319. The molecular formula is C13H26N2O4. The molecule has 0 aromatic heterocycles. The van der Waals surface area contributed by atoms with E-state index in [1.807, 2.05) is 13.8 Å². The van der Waals surface area contributed by atoms with Gasteiger partial charge in [-0.1, -0.05) is 20.3 Å². The molecule has 2 amide bonds. The number of nitrogens with zero attached hydrogens (tertiary/aromatic N) is 1. The molecule has 0 aliphatic carbocycles. The Morgan fingerprint density at radius 1 is 1.32 bits per heavy atom. The fourth-order valence-corrected chi connectivity index (χ4v) is 1.40. The van der Waals surface area contributed by atoms with Gasteiger partial charge < -0.3 is 10.1 Å². The first kappa shape index (κ1) is 17.7. The summed E-state index contributed by atoms with van der Waals surface area (Å²) in [4.78, 5) is 28.7. The van der Waals surface area contributed by atoms with Gasteiger partial charge in [0, 0.05) is 7.05 Å². The molecule has 0 aliphatic heterocycles. The molecular weight excluding hydrogens is 248 g/mol. The second-order valence-corrected chi connectivity index (χ2v) is 5.53. The molecule has 6 heteroatoms. The zero-order valence-electron chi connectivity index (χ0n) is 12.9. The van der Waals surface area contributed by atoms with Gasteiger partial charge in [0.1, 0.15) is 11.6 Å². The Morgan fingerprint density at radius 3 is 2.21 bits per heavy atom.